The van der Waals surface area contributed by atoms with Crippen molar-refractivity contribution in [1.29, 1.82) is 0 Å². The molecule has 2 N–H and O–H groups in total. The van der Waals surface area contributed by atoms with Crippen LogP contribution in [0.1, 0.15) is 45.0 Å². The molecular formula is C25H24N2O6S2. The molecular weight excluding hydrogens is 488 g/mol. The molecule has 1 aromatic heterocycles. The summed E-state index contributed by atoms with van der Waals surface area (Å²) in [6.07, 6.45) is 0. The molecule has 2 heterocycles. The molecule has 1 amide bonds. The maximum atomic E-state index is 13.1. The first kappa shape index (κ1) is 24.9. The van der Waals surface area contributed by atoms with Crippen molar-refractivity contribution in [3.8, 4) is 0 Å². The zero-order valence-corrected chi connectivity index (χ0v) is 20.7. The van der Waals surface area contributed by atoms with Crippen molar-refractivity contribution in [3.63, 3.8) is 0 Å². The van der Waals surface area contributed by atoms with Gasteiger partial charge in [0.25, 0.3) is 5.91 Å². The highest BCUT2D eigenvalue weighted by molar-refractivity contribution is 7.89. The lowest BCUT2D eigenvalue weighted by Crippen LogP contribution is -2.46. The van der Waals surface area contributed by atoms with Gasteiger partial charge in [-0.05, 0) is 24.1 Å². The maximum Gasteiger partial charge on any atom is 0.256 e. The highest BCUT2D eigenvalue weighted by Crippen LogP contribution is 2.41. The van der Waals surface area contributed by atoms with Gasteiger partial charge in [0.1, 0.15) is 6.61 Å². The van der Waals surface area contributed by atoms with E-state index in [1.54, 1.807) is 56.3 Å². The Morgan fingerprint density at radius 3 is 2.29 bits per heavy atom. The number of carbonyl (C=O) groups excluding carboxylic acids is 3. The van der Waals surface area contributed by atoms with E-state index in [2.05, 4.69) is 5.32 Å². The van der Waals surface area contributed by atoms with E-state index < -0.39 is 34.4 Å². The summed E-state index contributed by atoms with van der Waals surface area (Å²) in [6, 6.07) is 15.5. The van der Waals surface area contributed by atoms with Gasteiger partial charge in [-0.15, -0.1) is 11.3 Å². The molecule has 1 aliphatic heterocycles. The average molecular weight is 513 g/mol. The molecule has 0 radical (unpaired) electrons. The van der Waals surface area contributed by atoms with Gasteiger partial charge in [0.2, 0.25) is 10.0 Å². The van der Waals surface area contributed by atoms with Crippen molar-refractivity contribution in [3.05, 3.63) is 82.2 Å². The summed E-state index contributed by atoms with van der Waals surface area (Å²) in [6.45, 7) is 2.70. The molecule has 0 saturated carbocycles. The van der Waals surface area contributed by atoms with Gasteiger partial charge in [0, 0.05) is 21.6 Å². The zero-order valence-electron chi connectivity index (χ0n) is 19.1. The quantitative estimate of drug-likeness (QED) is 0.447. The molecule has 1 atom stereocenters. The fourth-order valence-electron chi connectivity index (χ4n) is 4.10. The van der Waals surface area contributed by atoms with Gasteiger partial charge in [-0.1, -0.05) is 56.3 Å². The minimum atomic E-state index is -3.96. The number of carbonyl (C=O) groups is 3. The number of aliphatic hydroxyl groups excluding tert-OH is 1. The third-order valence-corrected chi connectivity index (χ3v) is 8.80. The molecule has 0 aliphatic carbocycles. The number of nitrogens with one attached hydrogen (secondary N) is 1. The number of sulfonamides is 1. The molecule has 0 saturated heterocycles. The SMILES string of the molecule is CC(C)[C@H](C(=O)CO)N1Cc2sc(NC(=O)c3cccc(C(=O)c4ccccc4)c3)cc2S1(=O)=O. The van der Waals surface area contributed by atoms with Crippen molar-refractivity contribution in [2.75, 3.05) is 11.9 Å². The van der Waals surface area contributed by atoms with Crippen LogP contribution in [0.25, 0.3) is 0 Å². The number of ketones is 2. The van der Waals surface area contributed by atoms with Gasteiger partial charge in [0.15, 0.2) is 11.6 Å². The average Bonchev–Trinajstić information content (AvgIpc) is 3.35. The van der Waals surface area contributed by atoms with Crippen LogP contribution in [0.5, 0.6) is 0 Å². The summed E-state index contributed by atoms with van der Waals surface area (Å²) in [5, 5.41) is 12.3. The van der Waals surface area contributed by atoms with Crippen LogP contribution in [0, 0.1) is 5.92 Å². The molecule has 182 valence electrons. The van der Waals surface area contributed by atoms with Gasteiger partial charge in [0.05, 0.1) is 22.5 Å². The van der Waals surface area contributed by atoms with Gasteiger partial charge >= 0.3 is 0 Å². The van der Waals surface area contributed by atoms with Crippen LogP contribution >= 0.6 is 11.3 Å². The number of thiophene rings is 1. The van der Waals surface area contributed by atoms with Gasteiger partial charge < -0.3 is 10.4 Å². The molecule has 0 fully saturated rings. The van der Waals surface area contributed by atoms with Crippen LogP contribution < -0.4 is 5.32 Å². The Labute approximate surface area is 207 Å². The second kappa shape index (κ2) is 9.82. The number of hydrogen-bond acceptors (Lipinski definition) is 7. The van der Waals surface area contributed by atoms with Crippen molar-refractivity contribution in [2.45, 2.75) is 31.3 Å². The molecule has 0 unspecified atom stereocenters. The molecule has 1 aliphatic rings. The van der Waals surface area contributed by atoms with Gasteiger partial charge in [-0.2, -0.15) is 4.31 Å². The number of anilines is 1. The van der Waals surface area contributed by atoms with Crippen LogP contribution in [0.4, 0.5) is 5.00 Å². The van der Waals surface area contributed by atoms with E-state index in [0.717, 1.165) is 15.6 Å². The molecule has 35 heavy (non-hydrogen) atoms. The number of benzene rings is 2. The fourth-order valence-corrected chi connectivity index (χ4v) is 7.48. The summed E-state index contributed by atoms with van der Waals surface area (Å²) in [4.78, 5) is 38.3. The number of aliphatic hydroxyl groups is 1. The van der Waals surface area contributed by atoms with E-state index >= 15 is 0 Å². The van der Waals surface area contributed by atoms with Crippen molar-refractivity contribution in [1.82, 2.24) is 4.31 Å². The second-order valence-electron chi connectivity index (χ2n) is 8.49. The number of rotatable bonds is 8. The van der Waals surface area contributed by atoms with E-state index in [1.807, 2.05) is 6.07 Å². The van der Waals surface area contributed by atoms with Crippen LogP contribution in [-0.2, 0) is 21.4 Å². The first-order valence-electron chi connectivity index (χ1n) is 10.9. The van der Waals surface area contributed by atoms with E-state index in [0.29, 0.717) is 21.0 Å². The lowest BCUT2D eigenvalue weighted by molar-refractivity contribution is -0.126. The van der Waals surface area contributed by atoms with Gasteiger partial charge in [-0.25, -0.2) is 8.42 Å². The Bertz CT molecular complexity index is 1400. The fraction of sp³-hybridized carbons (Fsp3) is 0.240. The van der Waals surface area contributed by atoms with Crippen LogP contribution in [0.15, 0.2) is 65.6 Å². The Balaban J connectivity index is 1.53. The third kappa shape index (κ3) is 4.83. The topological polar surface area (TPSA) is 121 Å². The Morgan fingerprint density at radius 2 is 1.66 bits per heavy atom. The Morgan fingerprint density at radius 1 is 1.00 bits per heavy atom. The predicted molar refractivity (Wildman–Crippen MR) is 132 cm³/mol. The highest BCUT2D eigenvalue weighted by atomic mass is 32.2. The van der Waals surface area contributed by atoms with E-state index in [1.165, 1.54) is 12.1 Å². The summed E-state index contributed by atoms with van der Waals surface area (Å²) in [5.74, 6) is -1.56. The summed E-state index contributed by atoms with van der Waals surface area (Å²) >= 11 is 1.11. The van der Waals surface area contributed by atoms with E-state index in [-0.39, 0.29) is 28.7 Å². The maximum absolute atomic E-state index is 13.1. The minimum absolute atomic E-state index is 0.00610. The molecule has 8 nitrogen and oxygen atoms in total. The molecule has 3 aromatic rings. The number of fused-ring (bicyclic) bond motifs is 1. The third-order valence-electron chi connectivity index (χ3n) is 5.74. The largest absolute Gasteiger partial charge is 0.389 e. The first-order chi connectivity index (χ1) is 16.6. The summed E-state index contributed by atoms with van der Waals surface area (Å²) in [7, 11) is -3.96. The van der Waals surface area contributed by atoms with Crippen LogP contribution in [0.2, 0.25) is 0 Å². The molecule has 0 bridgehead atoms. The van der Waals surface area contributed by atoms with Crippen LogP contribution in [-0.4, -0.2) is 48.0 Å². The lowest BCUT2D eigenvalue weighted by atomic mass is 10.0. The van der Waals surface area contributed by atoms with E-state index in [4.69, 9.17) is 0 Å². The van der Waals surface area contributed by atoms with Gasteiger partial charge in [-0.3, -0.25) is 14.4 Å². The number of hydrogen-bond donors (Lipinski definition) is 2. The predicted octanol–water partition coefficient (Wildman–Crippen LogP) is 3.32. The van der Waals surface area contributed by atoms with E-state index in [9.17, 15) is 27.9 Å². The second-order valence-corrected chi connectivity index (χ2v) is 11.5. The molecule has 4 rings (SSSR count). The number of Topliss-reactive ketones (excluding diaryl/α,β-unsaturated/α-hetero) is 1. The standard InChI is InChI=1S/C25H24N2O6S2/c1-15(2)23(19(29)14-28)27-13-20-21(35(27,32)33)12-22(34-20)26-25(31)18-10-6-9-17(11-18)24(30)16-7-4-3-5-8-16/h3-12,15,23,28H,13-14H2,1-2H3,(H,26,31)/t23-/m1/s1. The molecule has 0 spiro atoms. The summed E-state index contributed by atoms with van der Waals surface area (Å²) in [5.41, 5.74) is 1.14. The van der Waals surface area contributed by atoms with Crippen LogP contribution in [0.3, 0.4) is 0 Å². The van der Waals surface area contributed by atoms with Crippen molar-refractivity contribution in [2.24, 2.45) is 5.92 Å². The number of amides is 1. The summed E-state index contributed by atoms with van der Waals surface area (Å²) < 4.78 is 27.4. The Hall–Kier alpha value is -3.18. The smallest absolute Gasteiger partial charge is 0.256 e. The minimum Gasteiger partial charge on any atom is -0.389 e. The highest BCUT2D eigenvalue weighted by Gasteiger charge is 2.44. The Kier molecular flexibility index (Phi) is 7.00. The van der Waals surface area contributed by atoms with Crippen molar-refractivity contribution >= 4 is 43.8 Å². The monoisotopic (exact) mass is 512 g/mol. The van der Waals surface area contributed by atoms with Crippen molar-refractivity contribution < 1.29 is 27.9 Å². The normalized spacial score (nSPS) is 15.5. The first-order valence-corrected chi connectivity index (χ1v) is 13.2. The zero-order chi connectivity index (χ0) is 25.3. The molecule has 10 heteroatoms. The molecule has 2 aromatic carbocycles. The number of nitrogens with zero attached hydrogens (tertiary/aromatic N) is 1. The lowest BCUT2D eigenvalue weighted by Gasteiger charge is -2.27.